The lowest BCUT2D eigenvalue weighted by atomic mass is 10.2. The van der Waals surface area contributed by atoms with Crippen molar-refractivity contribution in [3.05, 3.63) is 23.9 Å². The number of nitrogens with two attached hydrogens (primary N) is 1. The second-order valence-electron chi connectivity index (χ2n) is 4.02. The molecule has 0 saturated carbocycles. The molecule has 2 N–H and O–H groups in total. The summed E-state index contributed by atoms with van der Waals surface area (Å²) >= 11 is 0. The molecule has 16 heavy (non-hydrogen) atoms. The summed E-state index contributed by atoms with van der Waals surface area (Å²) in [6.45, 7) is 6.71. The Kier molecular flexibility index (Phi) is 5.22. The molecule has 0 spiro atoms. The van der Waals surface area contributed by atoms with Crippen molar-refractivity contribution in [1.29, 1.82) is 0 Å². The molecule has 0 aliphatic carbocycles. The van der Waals surface area contributed by atoms with E-state index in [1.165, 1.54) is 0 Å². The van der Waals surface area contributed by atoms with Crippen LogP contribution in [0.15, 0.2) is 18.3 Å². The topological polar surface area (TPSA) is 51.4 Å². The number of hydrogen-bond acceptors (Lipinski definition) is 4. The van der Waals surface area contributed by atoms with Gasteiger partial charge in [0, 0.05) is 37.4 Å². The van der Waals surface area contributed by atoms with E-state index < -0.39 is 0 Å². The van der Waals surface area contributed by atoms with E-state index >= 15 is 0 Å². The maximum Gasteiger partial charge on any atom is 0.217 e. The lowest BCUT2D eigenvalue weighted by molar-refractivity contribution is 0.215. The zero-order chi connectivity index (χ0) is 12.0. The number of ether oxygens (including phenoxy) is 1. The number of pyridine rings is 1. The first-order valence-corrected chi connectivity index (χ1v) is 5.61. The van der Waals surface area contributed by atoms with Gasteiger partial charge >= 0.3 is 0 Å². The summed E-state index contributed by atoms with van der Waals surface area (Å²) in [6.07, 6.45) is 1.74. The van der Waals surface area contributed by atoms with Crippen LogP contribution in [0.1, 0.15) is 19.4 Å². The molecule has 0 unspecified atom stereocenters. The Hall–Kier alpha value is -1.13. The minimum Gasteiger partial charge on any atom is -0.481 e. The van der Waals surface area contributed by atoms with Gasteiger partial charge in [-0.15, -0.1) is 0 Å². The van der Waals surface area contributed by atoms with Gasteiger partial charge in [-0.3, -0.25) is 4.90 Å². The fraction of sp³-hybridized carbons (Fsp3) is 0.583. The Morgan fingerprint density at radius 1 is 1.50 bits per heavy atom. The summed E-state index contributed by atoms with van der Waals surface area (Å²) < 4.78 is 5.24. The lowest BCUT2D eigenvalue weighted by Gasteiger charge is -2.26. The SMILES string of the molecule is COc1ncccc1CN(CCN)C(C)C. The minimum absolute atomic E-state index is 0.466. The van der Waals surface area contributed by atoms with Gasteiger partial charge in [0.25, 0.3) is 0 Å². The Morgan fingerprint density at radius 3 is 2.81 bits per heavy atom. The summed E-state index contributed by atoms with van der Waals surface area (Å²) in [6, 6.07) is 4.43. The van der Waals surface area contributed by atoms with E-state index in [4.69, 9.17) is 10.5 Å². The second kappa shape index (κ2) is 6.45. The van der Waals surface area contributed by atoms with Crippen LogP contribution in [0.5, 0.6) is 5.88 Å². The van der Waals surface area contributed by atoms with Crippen molar-refractivity contribution in [1.82, 2.24) is 9.88 Å². The van der Waals surface area contributed by atoms with Crippen LogP contribution >= 0.6 is 0 Å². The fourth-order valence-electron chi connectivity index (χ4n) is 1.63. The van der Waals surface area contributed by atoms with Gasteiger partial charge < -0.3 is 10.5 Å². The zero-order valence-electron chi connectivity index (χ0n) is 10.3. The van der Waals surface area contributed by atoms with E-state index in [1.54, 1.807) is 13.3 Å². The number of rotatable bonds is 6. The first-order chi connectivity index (χ1) is 7.69. The number of aromatic nitrogens is 1. The standard InChI is InChI=1S/C12H21N3O/c1-10(2)15(8-6-13)9-11-5-4-7-14-12(11)16-3/h4-5,7,10H,6,8-9,13H2,1-3H3. The van der Waals surface area contributed by atoms with Gasteiger partial charge in [0.1, 0.15) is 0 Å². The first-order valence-electron chi connectivity index (χ1n) is 5.61. The molecule has 1 heterocycles. The average molecular weight is 223 g/mol. The van der Waals surface area contributed by atoms with Crippen LogP contribution in [0, 0.1) is 0 Å². The van der Waals surface area contributed by atoms with Crippen LogP contribution in [0.3, 0.4) is 0 Å². The van der Waals surface area contributed by atoms with Gasteiger partial charge in [-0.2, -0.15) is 0 Å². The largest absolute Gasteiger partial charge is 0.481 e. The van der Waals surface area contributed by atoms with E-state index in [1.807, 2.05) is 12.1 Å². The third-order valence-corrected chi connectivity index (χ3v) is 2.56. The molecule has 4 heteroatoms. The summed E-state index contributed by atoms with van der Waals surface area (Å²) in [4.78, 5) is 6.49. The normalized spacial score (nSPS) is 11.1. The molecule has 4 nitrogen and oxygen atoms in total. The molecule has 0 aromatic carbocycles. The summed E-state index contributed by atoms with van der Waals surface area (Å²) in [5.41, 5.74) is 6.71. The second-order valence-corrected chi connectivity index (χ2v) is 4.02. The third-order valence-electron chi connectivity index (χ3n) is 2.56. The Bertz CT molecular complexity index is 315. The molecule has 0 saturated heterocycles. The highest BCUT2D eigenvalue weighted by Crippen LogP contribution is 2.16. The van der Waals surface area contributed by atoms with Crippen LogP contribution in [-0.4, -0.2) is 36.1 Å². The monoisotopic (exact) mass is 223 g/mol. The summed E-state index contributed by atoms with van der Waals surface area (Å²) in [5, 5.41) is 0. The van der Waals surface area contributed by atoms with Crippen molar-refractivity contribution >= 4 is 0 Å². The van der Waals surface area contributed by atoms with E-state index in [2.05, 4.69) is 23.7 Å². The Labute approximate surface area is 97.4 Å². The van der Waals surface area contributed by atoms with Gasteiger partial charge in [0.15, 0.2) is 0 Å². The lowest BCUT2D eigenvalue weighted by Crippen LogP contribution is -2.34. The summed E-state index contributed by atoms with van der Waals surface area (Å²) in [5.74, 6) is 0.699. The van der Waals surface area contributed by atoms with Crippen LogP contribution in [0.4, 0.5) is 0 Å². The molecular weight excluding hydrogens is 202 g/mol. The minimum atomic E-state index is 0.466. The zero-order valence-corrected chi connectivity index (χ0v) is 10.3. The van der Waals surface area contributed by atoms with Gasteiger partial charge in [-0.25, -0.2) is 4.98 Å². The number of nitrogens with zero attached hydrogens (tertiary/aromatic N) is 2. The van der Waals surface area contributed by atoms with Gasteiger partial charge in [0.2, 0.25) is 5.88 Å². The fourth-order valence-corrected chi connectivity index (χ4v) is 1.63. The first kappa shape index (κ1) is 12.9. The molecule has 1 rings (SSSR count). The molecule has 0 aliphatic heterocycles. The molecule has 0 amide bonds. The van der Waals surface area contributed by atoms with Gasteiger partial charge in [0.05, 0.1) is 7.11 Å². The number of hydrogen-bond donors (Lipinski definition) is 1. The summed E-state index contributed by atoms with van der Waals surface area (Å²) in [7, 11) is 1.65. The van der Waals surface area contributed by atoms with Crippen molar-refractivity contribution in [2.24, 2.45) is 5.73 Å². The molecule has 0 atom stereocenters. The Balaban J connectivity index is 2.76. The highest BCUT2D eigenvalue weighted by molar-refractivity contribution is 5.25. The van der Waals surface area contributed by atoms with Crippen molar-refractivity contribution in [3.8, 4) is 5.88 Å². The van der Waals surface area contributed by atoms with Crippen LogP contribution in [0.25, 0.3) is 0 Å². The van der Waals surface area contributed by atoms with Crippen molar-refractivity contribution in [2.45, 2.75) is 26.4 Å². The number of methoxy groups -OCH3 is 1. The highest BCUT2D eigenvalue weighted by Gasteiger charge is 2.12. The molecule has 1 aromatic heterocycles. The van der Waals surface area contributed by atoms with E-state index in [0.29, 0.717) is 18.5 Å². The predicted octanol–water partition coefficient (Wildman–Crippen LogP) is 1.26. The molecule has 1 aromatic rings. The van der Waals surface area contributed by atoms with E-state index in [-0.39, 0.29) is 0 Å². The van der Waals surface area contributed by atoms with Gasteiger partial charge in [-0.1, -0.05) is 6.07 Å². The van der Waals surface area contributed by atoms with Crippen molar-refractivity contribution in [2.75, 3.05) is 20.2 Å². The van der Waals surface area contributed by atoms with Crippen molar-refractivity contribution in [3.63, 3.8) is 0 Å². The van der Waals surface area contributed by atoms with Crippen LogP contribution in [-0.2, 0) is 6.54 Å². The van der Waals surface area contributed by atoms with E-state index in [0.717, 1.165) is 18.7 Å². The quantitative estimate of drug-likeness (QED) is 0.789. The van der Waals surface area contributed by atoms with Crippen LogP contribution in [0.2, 0.25) is 0 Å². The Morgan fingerprint density at radius 2 is 2.25 bits per heavy atom. The molecular formula is C12H21N3O. The maximum absolute atomic E-state index is 5.60. The smallest absolute Gasteiger partial charge is 0.217 e. The highest BCUT2D eigenvalue weighted by atomic mass is 16.5. The predicted molar refractivity (Wildman–Crippen MR) is 65.4 cm³/mol. The van der Waals surface area contributed by atoms with E-state index in [9.17, 15) is 0 Å². The maximum atomic E-state index is 5.60. The molecule has 0 fully saturated rings. The molecule has 0 bridgehead atoms. The van der Waals surface area contributed by atoms with Crippen LogP contribution < -0.4 is 10.5 Å². The molecule has 0 radical (unpaired) electrons. The molecule has 90 valence electrons. The van der Waals surface area contributed by atoms with Gasteiger partial charge in [-0.05, 0) is 19.9 Å². The molecule has 0 aliphatic rings. The van der Waals surface area contributed by atoms with Crippen molar-refractivity contribution < 1.29 is 4.74 Å². The average Bonchev–Trinajstić information content (AvgIpc) is 2.29. The third kappa shape index (κ3) is 3.47.